The maximum absolute atomic E-state index is 12.4. The Bertz CT molecular complexity index is 897. The number of rotatable bonds is 1. The number of ether oxygens (including phenoxy) is 1. The van der Waals surface area contributed by atoms with Crippen molar-refractivity contribution in [3.8, 4) is 5.75 Å². The zero-order chi connectivity index (χ0) is 20.8. The van der Waals surface area contributed by atoms with Gasteiger partial charge < -0.3 is 15.4 Å². The van der Waals surface area contributed by atoms with Gasteiger partial charge in [-0.2, -0.15) is 0 Å². The molecule has 2 aliphatic heterocycles. The van der Waals surface area contributed by atoms with Crippen molar-refractivity contribution in [2.75, 3.05) is 7.05 Å². The van der Waals surface area contributed by atoms with Gasteiger partial charge in [0, 0.05) is 51.5 Å². The van der Waals surface area contributed by atoms with Crippen LogP contribution < -0.4 is 15.4 Å². The van der Waals surface area contributed by atoms with Gasteiger partial charge in [-0.3, -0.25) is 4.79 Å². The molecule has 4 aliphatic rings. The fraction of sp³-hybridized carbons (Fsp3) is 0.708. The Morgan fingerprint density at radius 2 is 1.97 bits per heavy atom. The second-order valence-corrected chi connectivity index (χ2v) is 11.7. The minimum atomic E-state index is -0.201. The number of nitrogens with one attached hydrogen (secondary N) is 2. The molecule has 2 aliphatic carbocycles. The lowest BCUT2D eigenvalue weighted by molar-refractivity contribution is -0.215. The fourth-order valence-electron chi connectivity index (χ4n) is 7.35. The highest BCUT2D eigenvalue weighted by Gasteiger charge is 2.67. The monoisotopic (exact) mass is 460 g/mol. The van der Waals surface area contributed by atoms with E-state index < -0.39 is 0 Å². The van der Waals surface area contributed by atoms with Crippen LogP contribution in [0.2, 0.25) is 0 Å². The van der Waals surface area contributed by atoms with Gasteiger partial charge in [-0.15, -0.1) is 0 Å². The summed E-state index contributed by atoms with van der Waals surface area (Å²) in [6.45, 7) is 10.4. The largest absolute Gasteiger partial charge is 0.486 e. The lowest BCUT2D eigenvalue weighted by Crippen LogP contribution is -2.71. The van der Waals surface area contributed by atoms with Crippen molar-refractivity contribution in [1.82, 2.24) is 10.6 Å². The van der Waals surface area contributed by atoms with Crippen molar-refractivity contribution in [2.24, 2.45) is 22.7 Å². The Morgan fingerprint density at radius 3 is 2.69 bits per heavy atom. The quantitative estimate of drug-likeness (QED) is 0.630. The normalized spacial score (nSPS) is 39.5. The molecule has 158 valence electrons. The molecule has 1 aromatic rings. The van der Waals surface area contributed by atoms with E-state index in [1.165, 1.54) is 24.8 Å². The van der Waals surface area contributed by atoms with E-state index in [9.17, 15) is 4.79 Å². The molecule has 1 amide bonds. The van der Waals surface area contributed by atoms with Crippen molar-refractivity contribution < 1.29 is 9.53 Å². The molecule has 5 heteroatoms. The highest BCUT2D eigenvalue weighted by molar-refractivity contribution is 9.10. The zero-order valence-electron chi connectivity index (χ0n) is 18.2. The second kappa shape index (κ2) is 6.23. The van der Waals surface area contributed by atoms with Crippen LogP contribution in [0.15, 0.2) is 10.5 Å². The summed E-state index contributed by atoms with van der Waals surface area (Å²) in [5.74, 6) is 2.12. The maximum Gasteiger partial charge on any atom is 0.252 e. The lowest BCUT2D eigenvalue weighted by Gasteiger charge is -2.67. The van der Waals surface area contributed by atoms with E-state index in [1.807, 2.05) is 6.07 Å². The molecule has 5 rings (SSSR count). The van der Waals surface area contributed by atoms with E-state index in [4.69, 9.17) is 4.74 Å². The third kappa shape index (κ3) is 2.49. The minimum Gasteiger partial charge on any atom is -0.486 e. The number of halogens is 1. The predicted octanol–water partition coefficient (Wildman–Crippen LogP) is 4.83. The number of amides is 1. The number of carbonyl (C=O) groups is 1. The first-order chi connectivity index (χ1) is 13.6. The molecule has 1 aromatic carbocycles. The maximum atomic E-state index is 12.4. The van der Waals surface area contributed by atoms with Crippen molar-refractivity contribution in [2.45, 2.75) is 78.0 Å². The van der Waals surface area contributed by atoms with Gasteiger partial charge in [-0.1, -0.05) is 43.6 Å². The Morgan fingerprint density at radius 1 is 1.21 bits per heavy atom. The zero-order valence-corrected chi connectivity index (χ0v) is 19.8. The third-order valence-corrected chi connectivity index (χ3v) is 9.82. The standard InChI is InChI=1S/C24H33BrN2O2/c1-13-6-7-19-22(2,3)9-14(26-5)10-24(19)23(13,4)11-16-18(25)8-15-17(20(16)29-24)12-27-21(15)28/h8,13-14,19,26H,6-7,9-12H2,1-5H3,(H,27,28)/t13-,14+,19-,23?,24-/m0/s1. The van der Waals surface area contributed by atoms with Crippen LogP contribution >= 0.6 is 15.9 Å². The third-order valence-electron chi connectivity index (χ3n) is 9.11. The van der Waals surface area contributed by atoms with Crippen LogP contribution in [0, 0.1) is 22.7 Å². The number of hydrogen-bond donors (Lipinski definition) is 2. The number of hydrogen-bond acceptors (Lipinski definition) is 3. The van der Waals surface area contributed by atoms with Gasteiger partial charge in [0.25, 0.3) is 5.91 Å². The number of carbonyl (C=O) groups excluding carboxylic acids is 1. The van der Waals surface area contributed by atoms with Crippen LogP contribution in [0.1, 0.15) is 74.9 Å². The van der Waals surface area contributed by atoms with E-state index in [2.05, 4.69) is 61.3 Å². The Balaban J connectivity index is 1.74. The molecule has 0 saturated heterocycles. The van der Waals surface area contributed by atoms with Gasteiger partial charge in [-0.25, -0.2) is 0 Å². The Kier molecular flexibility index (Phi) is 4.27. The van der Waals surface area contributed by atoms with E-state index in [0.29, 0.717) is 24.4 Å². The molecule has 5 atom stereocenters. The van der Waals surface area contributed by atoms with Gasteiger partial charge in [0.1, 0.15) is 11.4 Å². The van der Waals surface area contributed by atoms with Crippen LogP contribution in [0.25, 0.3) is 0 Å². The topological polar surface area (TPSA) is 50.4 Å². The highest BCUT2D eigenvalue weighted by atomic mass is 79.9. The van der Waals surface area contributed by atoms with Crippen LogP contribution in [0.3, 0.4) is 0 Å². The SMILES string of the molecule is CN[C@@H]1CC(C)(C)[C@@H]2CC[C@H](C)C3(C)Cc4c(Br)cc5c(c4O[C@@]23C1)CNC5=O. The summed E-state index contributed by atoms with van der Waals surface area (Å²) in [5, 5.41) is 6.60. The Hall–Kier alpha value is -1.07. The molecule has 0 aromatic heterocycles. The van der Waals surface area contributed by atoms with Crippen LogP contribution in [0.5, 0.6) is 5.75 Å². The van der Waals surface area contributed by atoms with Crippen LogP contribution in [-0.2, 0) is 13.0 Å². The predicted molar refractivity (Wildman–Crippen MR) is 118 cm³/mol. The van der Waals surface area contributed by atoms with Crippen LogP contribution in [0.4, 0.5) is 0 Å². The summed E-state index contributed by atoms with van der Waals surface area (Å²) >= 11 is 3.79. The Labute approximate surface area is 182 Å². The van der Waals surface area contributed by atoms with Crippen LogP contribution in [-0.4, -0.2) is 24.6 Å². The van der Waals surface area contributed by atoms with E-state index in [1.54, 1.807) is 0 Å². The molecule has 4 nitrogen and oxygen atoms in total. The van der Waals surface area contributed by atoms with Crippen molar-refractivity contribution >= 4 is 21.8 Å². The second-order valence-electron chi connectivity index (χ2n) is 10.9. The summed E-state index contributed by atoms with van der Waals surface area (Å²) in [7, 11) is 2.09. The first kappa shape index (κ1) is 19.9. The molecule has 2 heterocycles. The molecule has 29 heavy (non-hydrogen) atoms. The average Bonchev–Trinajstić information content (AvgIpc) is 3.02. The van der Waals surface area contributed by atoms with E-state index in [-0.39, 0.29) is 22.3 Å². The molecule has 2 N–H and O–H groups in total. The molecular formula is C24H33BrN2O2. The van der Waals surface area contributed by atoms with Crippen molar-refractivity contribution in [3.63, 3.8) is 0 Å². The fourth-order valence-corrected chi connectivity index (χ4v) is 7.90. The van der Waals surface area contributed by atoms with Crippen molar-refractivity contribution in [3.05, 3.63) is 27.2 Å². The number of benzene rings is 1. The summed E-state index contributed by atoms with van der Waals surface area (Å²) in [4.78, 5) is 12.4. The van der Waals surface area contributed by atoms with E-state index >= 15 is 0 Å². The average molecular weight is 461 g/mol. The molecule has 2 saturated carbocycles. The smallest absolute Gasteiger partial charge is 0.252 e. The summed E-state index contributed by atoms with van der Waals surface area (Å²) in [6.07, 6.45) is 5.73. The first-order valence-corrected chi connectivity index (χ1v) is 11.9. The van der Waals surface area contributed by atoms with Gasteiger partial charge in [0.2, 0.25) is 0 Å². The molecule has 0 bridgehead atoms. The summed E-state index contributed by atoms with van der Waals surface area (Å²) in [5.41, 5.74) is 3.18. The molecule has 0 radical (unpaired) electrons. The summed E-state index contributed by atoms with van der Waals surface area (Å²) < 4.78 is 8.30. The lowest BCUT2D eigenvalue weighted by atomic mass is 9.43. The minimum absolute atomic E-state index is 0.0172. The van der Waals surface area contributed by atoms with E-state index in [0.717, 1.165) is 34.2 Å². The molecular weight excluding hydrogens is 428 g/mol. The highest BCUT2D eigenvalue weighted by Crippen LogP contribution is 2.66. The molecule has 1 spiro atoms. The molecule has 2 fully saturated rings. The van der Waals surface area contributed by atoms with Gasteiger partial charge in [0.15, 0.2) is 0 Å². The molecule has 1 unspecified atom stereocenters. The van der Waals surface area contributed by atoms with Gasteiger partial charge in [0.05, 0.1) is 0 Å². The summed E-state index contributed by atoms with van der Waals surface area (Å²) in [6, 6.07) is 2.46. The first-order valence-electron chi connectivity index (χ1n) is 11.1. The van der Waals surface area contributed by atoms with Gasteiger partial charge in [-0.05, 0) is 50.1 Å². The number of fused-ring (bicyclic) bond motifs is 3. The van der Waals surface area contributed by atoms with Crippen molar-refractivity contribution in [1.29, 1.82) is 0 Å². The van der Waals surface area contributed by atoms with Gasteiger partial charge >= 0.3 is 0 Å².